The van der Waals surface area contributed by atoms with Crippen LogP contribution in [0.3, 0.4) is 0 Å². The average Bonchev–Trinajstić information content (AvgIpc) is 3.01. The molecule has 2 aliphatic rings. The van der Waals surface area contributed by atoms with Crippen molar-refractivity contribution in [1.29, 1.82) is 0 Å². The number of piperidine rings is 1. The van der Waals surface area contributed by atoms with Crippen molar-refractivity contribution in [3.8, 4) is 11.5 Å². The molecule has 30 heavy (non-hydrogen) atoms. The van der Waals surface area contributed by atoms with Crippen LogP contribution in [0.1, 0.15) is 62.9 Å². The zero-order chi connectivity index (χ0) is 22.3. The highest BCUT2D eigenvalue weighted by Gasteiger charge is 2.42. The number of hydrogen-bond acceptors (Lipinski definition) is 6. The molecule has 1 saturated heterocycles. The van der Waals surface area contributed by atoms with E-state index in [0.717, 1.165) is 12.8 Å². The predicted octanol–water partition coefficient (Wildman–Crippen LogP) is 5.07. The number of carbonyl (C=O) groups excluding carboxylic acids is 2. The molecule has 1 aromatic rings. The highest BCUT2D eigenvalue weighted by Crippen LogP contribution is 2.49. The van der Waals surface area contributed by atoms with Crippen LogP contribution in [0.15, 0.2) is 10.5 Å². The number of fused-ring (bicyclic) bond motifs is 1. The third kappa shape index (κ3) is 4.85. The summed E-state index contributed by atoms with van der Waals surface area (Å²) >= 11 is 3.48. The number of hydrogen-bond donors (Lipinski definition) is 0. The lowest BCUT2D eigenvalue weighted by Crippen LogP contribution is -2.44. The zero-order valence-electron chi connectivity index (χ0n) is 18.5. The van der Waals surface area contributed by atoms with Gasteiger partial charge in [0.1, 0.15) is 5.60 Å². The first kappa shape index (κ1) is 22.7. The molecule has 0 aliphatic carbocycles. The number of rotatable bonds is 3. The third-order valence-electron chi connectivity index (χ3n) is 5.41. The molecular weight excluding hydrogens is 454 g/mol. The van der Waals surface area contributed by atoms with Crippen LogP contribution >= 0.6 is 15.9 Å². The van der Waals surface area contributed by atoms with Gasteiger partial charge in [-0.3, -0.25) is 0 Å². The van der Waals surface area contributed by atoms with E-state index in [1.165, 1.54) is 7.11 Å². The quantitative estimate of drug-likeness (QED) is 0.558. The summed E-state index contributed by atoms with van der Waals surface area (Å²) < 4.78 is 23.4. The molecule has 0 aromatic heterocycles. The van der Waals surface area contributed by atoms with E-state index in [2.05, 4.69) is 15.9 Å². The van der Waals surface area contributed by atoms with Gasteiger partial charge in [-0.25, -0.2) is 9.59 Å². The zero-order valence-corrected chi connectivity index (χ0v) is 20.1. The SMILES string of the molecule is COC(=O)c1cc(Br)c2c(c1C)OC(C)(CC1CCN(C(=O)OC(C)(C)C)CC1)O2. The van der Waals surface area contributed by atoms with Gasteiger partial charge in [-0.05, 0) is 68.5 Å². The van der Waals surface area contributed by atoms with E-state index < -0.39 is 17.4 Å². The average molecular weight is 484 g/mol. The van der Waals surface area contributed by atoms with Gasteiger partial charge in [0.2, 0.25) is 5.79 Å². The van der Waals surface area contributed by atoms with E-state index in [4.69, 9.17) is 18.9 Å². The minimum atomic E-state index is -0.830. The smallest absolute Gasteiger partial charge is 0.410 e. The second-order valence-corrected chi connectivity index (χ2v) is 9.99. The number of nitrogens with zero attached hydrogens (tertiary/aromatic N) is 1. The molecule has 1 amide bonds. The van der Waals surface area contributed by atoms with Crippen LogP contribution in [0.5, 0.6) is 11.5 Å². The van der Waals surface area contributed by atoms with Crippen LogP contribution in [0.25, 0.3) is 0 Å². The topological polar surface area (TPSA) is 74.3 Å². The molecule has 2 aliphatic heterocycles. The number of esters is 1. The molecule has 0 bridgehead atoms. The van der Waals surface area contributed by atoms with Crippen molar-refractivity contribution in [2.75, 3.05) is 20.2 Å². The van der Waals surface area contributed by atoms with Crippen LogP contribution < -0.4 is 9.47 Å². The van der Waals surface area contributed by atoms with Crippen LogP contribution in [-0.2, 0) is 9.47 Å². The number of benzene rings is 1. The number of halogens is 1. The maximum atomic E-state index is 12.3. The first-order chi connectivity index (χ1) is 13.9. The lowest BCUT2D eigenvalue weighted by atomic mass is 9.90. The van der Waals surface area contributed by atoms with E-state index in [1.54, 1.807) is 11.0 Å². The lowest BCUT2D eigenvalue weighted by molar-refractivity contribution is -0.0848. The van der Waals surface area contributed by atoms with Crippen molar-refractivity contribution in [2.24, 2.45) is 5.92 Å². The Balaban J connectivity index is 1.64. The van der Waals surface area contributed by atoms with Crippen LogP contribution in [0.4, 0.5) is 4.79 Å². The van der Waals surface area contributed by atoms with Crippen molar-refractivity contribution in [1.82, 2.24) is 4.90 Å². The van der Waals surface area contributed by atoms with Gasteiger partial charge in [0.15, 0.2) is 11.5 Å². The Labute approximate surface area is 186 Å². The molecule has 0 saturated carbocycles. The third-order valence-corrected chi connectivity index (χ3v) is 5.99. The molecular formula is C22H30BrNO6. The highest BCUT2D eigenvalue weighted by atomic mass is 79.9. The van der Waals surface area contributed by atoms with E-state index in [9.17, 15) is 9.59 Å². The summed E-state index contributed by atoms with van der Waals surface area (Å²) in [6, 6.07) is 1.70. The second kappa shape index (κ2) is 8.29. The largest absolute Gasteiger partial charge is 0.465 e. The molecule has 3 rings (SSSR count). The monoisotopic (exact) mass is 483 g/mol. The van der Waals surface area contributed by atoms with Gasteiger partial charge in [0, 0.05) is 32.0 Å². The Morgan fingerprint density at radius 2 is 1.83 bits per heavy atom. The fourth-order valence-corrected chi connectivity index (χ4v) is 4.44. The molecule has 166 valence electrons. The number of ether oxygens (including phenoxy) is 4. The summed E-state index contributed by atoms with van der Waals surface area (Å²) in [7, 11) is 1.36. The molecule has 0 radical (unpaired) electrons. The van der Waals surface area contributed by atoms with Gasteiger partial charge in [-0.15, -0.1) is 0 Å². The van der Waals surface area contributed by atoms with E-state index in [0.29, 0.717) is 52.5 Å². The molecule has 7 nitrogen and oxygen atoms in total. The van der Waals surface area contributed by atoms with Gasteiger partial charge in [0.05, 0.1) is 17.1 Å². The minimum Gasteiger partial charge on any atom is -0.465 e. The summed E-state index contributed by atoms with van der Waals surface area (Å²) in [6.07, 6.45) is 2.13. The van der Waals surface area contributed by atoms with E-state index in [1.807, 2.05) is 34.6 Å². The van der Waals surface area contributed by atoms with Gasteiger partial charge < -0.3 is 23.8 Å². The number of carbonyl (C=O) groups is 2. The first-order valence-electron chi connectivity index (χ1n) is 10.2. The van der Waals surface area contributed by atoms with E-state index >= 15 is 0 Å². The fourth-order valence-electron chi connectivity index (χ4n) is 3.95. The Morgan fingerprint density at radius 3 is 2.40 bits per heavy atom. The maximum absolute atomic E-state index is 12.3. The standard InChI is InChI=1S/C22H30BrNO6/c1-13-15(19(25)27-6)11-16(23)18-17(13)28-22(5,29-18)12-14-7-9-24(10-8-14)20(26)30-21(2,3)4/h11,14H,7-10,12H2,1-6H3. The van der Waals surface area contributed by atoms with Gasteiger partial charge in [-0.1, -0.05) is 0 Å². The Morgan fingerprint density at radius 1 is 1.23 bits per heavy atom. The minimum absolute atomic E-state index is 0.261. The first-order valence-corrected chi connectivity index (χ1v) is 11.0. The molecule has 1 fully saturated rings. The fraction of sp³-hybridized carbons (Fsp3) is 0.636. The maximum Gasteiger partial charge on any atom is 0.410 e. The predicted molar refractivity (Wildman–Crippen MR) is 115 cm³/mol. The Hall–Kier alpha value is -1.96. The summed E-state index contributed by atoms with van der Waals surface area (Å²) in [4.78, 5) is 26.1. The molecule has 1 aromatic carbocycles. The number of amides is 1. The normalized spacial score (nSPS) is 21.5. The number of methoxy groups -OCH3 is 1. The molecule has 1 unspecified atom stereocenters. The number of likely N-dealkylation sites (tertiary alicyclic amines) is 1. The summed E-state index contributed by atoms with van der Waals surface area (Å²) in [5, 5.41) is 0. The molecule has 1 atom stereocenters. The molecule has 0 N–H and O–H groups in total. The molecule has 0 spiro atoms. The molecule has 8 heteroatoms. The van der Waals surface area contributed by atoms with Crippen molar-refractivity contribution in [3.05, 3.63) is 21.7 Å². The van der Waals surface area contributed by atoms with Crippen LogP contribution in [0.2, 0.25) is 0 Å². The van der Waals surface area contributed by atoms with Gasteiger partial charge >= 0.3 is 12.1 Å². The van der Waals surface area contributed by atoms with Gasteiger partial charge in [0.25, 0.3) is 0 Å². The van der Waals surface area contributed by atoms with Crippen molar-refractivity contribution < 1.29 is 28.5 Å². The summed E-state index contributed by atoms with van der Waals surface area (Å²) in [5.41, 5.74) is 0.651. The van der Waals surface area contributed by atoms with Crippen LogP contribution in [0, 0.1) is 12.8 Å². The van der Waals surface area contributed by atoms with Crippen molar-refractivity contribution in [2.45, 2.75) is 65.3 Å². The molecule has 2 heterocycles. The highest BCUT2D eigenvalue weighted by molar-refractivity contribution is 9.10. The van der Waals surface area contributed by atoms with E-state index in [-0.39, 0.29) is 6.09 Å². The Kier molecular flexibility index (Phi) is 6.28. The lowest BCUT2D eigenvalue weighted by Gasteiger charge is -2.35. The van der Waals surface area contributed by atoms with Crippen molar-refractivity contribution >= 4 is 28.0 Å². The second-order valence-electron chi connectivity index (χ2n) is 9.13. The summed E-state index contributed by atoms with van der Waals surface area (Å²) in [5.74, 6) is 0.278. The van der Waals surface area contributed by atoms with Crippen LogP contribution in [-0.4, -0.2) is 48.5 Å². The summed E-state index contributed by atoms with van der Waals surface area (Å²) in [6.45, 7) is 10.7. The van der Waals surface area contributed by atoms with Gasteiger partial charge in [-0.2, -0.15) is 0 Å². The Bertz CT molecular complexity index is 841. The van der Waals surface area contributed by atoms with Crippen molar-refractivity contribution in [3.63, 3.8) is 0 Å².